The first-order chi connectivity index (χ1) is 9.60. The molecule has 0 saturated heterocycles. The first-order valence-corrected chi connectivity index (χ1v) is 7.47. The van der Waals surface area contributed by atoms with E-state index in [1.54, 1.807) is 14.2 Å². The summed E-state index contributed by atoms with van der Waals surface area (Å²) in [5, 5.41) is 3.68. The molecule has 1 fully saturated rings. The minimum atomic E-state index is 0.310. The highest BCUT2D eigenvalue weighted by atomic mass is 16.5. The van der Waals surface area contributed by atoms with Crippen LogP contribution in [0.2, 0.25) is 0 Å². The summed E-state index contributed by atoms with van der Waals surface area (Å²) in [6, 6.07) is 6.67. The largest absolute Gasteiger partial charge is 0.496 e. The normalized spacial score (nSPS) is 17.8. The topological polar surface area (TPSA) is 30.5 Å². The number of rotatable bonds is 8. The molecule has 3 nitrogen and oxygen atoms in total. The van der Waals surface area contributed by atoms with E-state index in [0.717, 1.165) is 25.3 Å². The van der Waals surface area contributed by atoms with Crippen molar-refractivity contribution in [2.24, 2.45) is 5.41 Å². The Morgan fingerprint density at radius 1 is 1.30 bits per heavy atom. The molecule has 0 spiro atoms. The van der Waals surface area contributed by atoms with E-state index < -0.39 is 0 Å². The van der Waals surface area contributed by atoms with Gasteiger partial charge in [-0.15, -0.1) is 0 Å². The van der Waals surface area contributed by atoms with E-state index in [2.05, 4.69) is 37.4 Å². The molecule has 0 heterocycles. The van der Waals surface area contributed by atoms with Crippen LogP contribution >= 0.6 is 0 Å². The maximum absolute atomic E-state index is 5.47. The number of hydrogen-bond donors (Lipinski definition) is 1. The molecule has 20 heavy (non-hydrogen) atoms. The van der Waals surface area contributed by atoms with Gasteiger partial charge in [-0.2, -0.15) is 0 Å². The Kier molecular flexibility index (Phi) is 5.06. The molecule has 1 aromatic carbocycles. The Balaban J connectivity index is 1.95. The second kappa shape index (κ2) is 6.59. The zero-order valence-corrected chi connectivity index (χ0v) is 13.2. The third kappa shape index (κ3) is 3.74. The molecule has 1 aliphatic rings. The van der Waals surface area contributed by atoms with Crippen molar-refractivity contribution in [3.63, 3.8) is 0 Å². The van der Waals surface area contributed by atoms with E-state index in [1.807, 2.05) is 0 Å². The fraction of sp³-hybridized carbons (Fsp3) is 0.647. The monoisotopic (exact) mass is 277 g/mol. The number of aryl methyl sites for hydroxylation is 1. The van der Waals surface area contributed by atoms with Crippen LogP contribution in [0.5, 0.6) is 5.75 Å². The zero-order chi connectivity index (χ0) is 14.6. The van der Waals surface area contributed by atoms with Crippen molar-refractivity contribution in [2.75, 3.05) is 27.4 Å². The number of hydrogen-bond acceptors (Lipinski definition) is 3. The molecule has 0 aliphatic heterocycles. The van der Waals surface area contributed by atoms with Gasteiger partial charge < -0.3 is 14.8 Å². The highest BCUT2D eigenvalue weighted by Gasteiger charge is 2.41. The van der Waals surface area contributed by atoms with Crippen LogP contribution in [0.25, 0.3) is 0 Å². The summed E-state index contributed by atoms with van der Waals surface area (Å²) in [5.41, 5.74) is 2.99. The Labute approximate surface area is 122 Å². The minimum Gasteiger partial charge on any atom is -0.496 e. The van der Waals surface area contributed by atoms with Crippen LogP contribution in [0.4, 0.5) is 0 Å². The van der Waals surface area contributed by atoms with Gasteiger partial charge in [0, 0.05) is 31.9 Å². The molecule has 1 unspecified atom stereocenters. The van der Waals surface area contributed by atoms with Gasteiger partial charge in [0.15, 0.2) is 0 Å². The maximum atomic E-state index is 5.47. The molecule has 1 saturated carbocycles. The molecule has 1 aromatic rings. The average Bonchev–Trinajstić information content (AvgIpc) is 3.23. The summed E-state index contributed by atoms with van der Waals surface area (Å²) in [7, 11) is 3.52. The van der Waals surface area contributed by atoms with Crippen LogP contribution in [-0.2, 0) is 4.74 Å². The lowest BCUT2D eigenvalue weighted by Crippen LogP contribution is -2.28. The summed E-state index contributed by atoms with van der Waals surface area (Å²) in [6.45, 7) is 6.26. The van der Waals surface area contributed by atoms with Crippen molar-refractivity contribution >= 4 is 0 Å². The third-order valence-electron chi connectivity index (χ3n) is 4.43. The molecule has 112 valence electrons. The average molecular weight is 277 g/mol. The molecule has 1 atom stereocenters. The Hall–Kier alpha value is -1.06. The fourth-order valence-electron chi connectivity index (χ4n) is 2.68. The van der Waals surface area contributed by atoms with E-state index in [0.29, 0.717) is 11.5 Å². The van der Waals surface area contributed by atoms with Gasteiger partial charge in [-0.25, -0.2) is 0 Å². The molecular formula is C17H27NO2. The second-order valence-corrected chi connectivity index (χ2v) is 6.09. The smallest absolute Gasteiger partial charge is 0.123 e. The van der Waals surface area contributed by atoms with Crippen molar-refractivity contribution in [1.82, 2.24) is 5.32 Å². The van der Waals surface area contributed by atoms with Crippen LogP contribution < -0.4 is 10.1 Å². The highest BCUT2D eigenvalue weighted by Crippen LogP contribution is 2.48. The Bertz CT molecular complexity index is 441. The number of nitrogens with one attached hydrogen (secondary N) is 1. The first kappa shape index (κ1) is 15.3. The summed E-state index contributed by atoms with van der Waals surface area (Å²) < 4.78 is 10.7. The van der Waals surface area contributed by atoms with Gasteiger partial charge >= 0.3 is 0 Å². The van der Waals surface area contributed by atoms with E-state index in [9.17, 15) is 0 Å². The van der Waals surface area contributed by atoms with Gasteiger partial charge in [0.05, 0.1) is 7.11 Å². The molecular weight excluding hydrogens is 250 g/mol. The quantitative estimate of drug-likeness (QED) is 0.789. The number of ether oxygens (including phenoxy) is 2. The van der Waals surface area contributed by atoms with E-state index in [1.165, 1.54) is 24.0 Å². The van der Waals surface area contributed by atoms with Crippen LogP contribution in [0.3, 0.4) is 0 Å². The Morgan fingerprint density at radius 3 is 2.65 bits per heavy atom. The molecule has 2 rings (SSSR count). The standard InChI is InChI=1S/C17H27NO2/c1-13-5-6-16(20-4)15(11-13)14(2)18-12-17(7-8-17)9-10-19-3/h5-6,11,14,18H,7-10,12H2,1-4H3. The molecule has 1 aliphatic carbocycles. The number of methoxy groups -OCH3 is 2. The lowest BCUT2D eigenvalue weighted by molar-refractivity contribution is 0.170. The van der Waals surface area contributed by atoms with Gasteiger partial charge in [-0.1, -0.05) is 17.7 Å². The van der Waals surface area contributed by atoms with Crippen molar-refractivity contribution in [1.29, 1.82) is 0 Å². The number of benzene rings is 1. The van der Waals surface area contributed by atoms with Crippen molar-refractivity contribution < 1.29 is 9.47 Å². The summed E-state index contributed by atoms with van der Waals surface area (Å²) >= 11 is 0. The summed E-state index contributed by atoms with van der Waals surface area (Å²) in [6.07, 6.45) is 3.80. The zero-order valence-electron chi connectivity index (χ0n) is 13.2. The minimum absolute atomic E-state index is 0.310. The van der Waals surface area contributed by atoms with Crippen LogP contribution in [0, 0.1) is 12.3 Å². The van der Waals surface area contributed by atoms with Crippen LogP contribution in [-0.4, -0.2) is 27.4 Å². The van der Waals surface area contributed by atoms with Gasteiger partial charge in [0.25, 0.3) is 0 Å². The second-order valence-electron chi connectivity index (χ2n) is 6.09. The van der Waals surface area contributed by atoms with Gasteiger partial charge in [0.2, 0.25) is 0 Å². The van der Waals surface area contributed by atoms with Crippen LogP contribution in [0.15, 0.2) is 18.2 Å². The van der Waals surface area contributed by atoms with Gasteiger partial charge in [0.1, 0.15) is 5.75 Å². The SMILES string of the molecule is COCCC1(CNC(C)c2cc(C)ccc2OC)CC1. The molecule has 3 heteroatoms. The molecule has 0 bridgehead atoms. The predicted octanol–water partition coefficient (Wildman–Crippen LogP) is 3.47. The summed E-state index contributed by atoms with van der Waals surface area (Å²) in [4.78, 5) is 0. The van der Waals surface area contributed by atoms with E-state index in [4.69, 9.17) is 9.47 Å². The van der Waals surface area contributed by atoms with Crippen molar-refractivity contribution in [3.05, 3.63) is 29.3 Å². The third-order valence-corrected chi connectivity index (χ3v) is 4.43. The lowest BCUT2D eigenvalue weighted by atomic mass is 10.0. The van der Waals surface area contributed by atoms with E-state index >= 15 is 0 Å². The maximum Gasteiger partial charge on any atom is 0.123 e. The summed E-state index contributed by atoms with van der Waals surface area (Å²) in [5.74, 6) is 0.970. The first-order valence-electron chi connectivity index (χ1n) is 7.47. The van der Waals surface area contributed by atoms with Crippen molar-refractivity contribution in [3.8, 4) is 5.75 Å². The fourth-order valence-corrected chi connectivity index (χ4v) is 2.68. The molecule has 1 N–H and O–H groups in total. The molecule has 0 aromatic heterocycles. The lowest BCUT2D eigenvalue weighted by Gasteiger charge is -2.22. The van der Waals surface area contributed by atoms with Crippen LogP contribution in [0.1, 0.15) is 43.4 Å². The van der Waals surface area contributed by atoms with Gasteiger partial charge in [-0.05, 0) is 44.6 Å². The molecule has 0 radical (unpaired) electrons. The highest BCUT2D eigenvalue weighted by molar-refractivity contribution is 5.38. The van der Waals surface area contributed by atoms with Gasteiger partial charge in [-0.3, -0.25) is 0 Å². The predicted molar refractivity (Wildman–Crippen MR) is 82.3 cm³/mol. The van der Waals surface area contributed by atoms with E-state index in [-0.39, 0.29) is 0 Å². The van der Waals surface area contributed by atoms with Crippen molar-refractivity contribution in [2.45, 2.75) is 39.2 Å². The Morgan fingerprint density at radius 2 is 2.05 bits per heavy atom. The molecule has 0 amide bonds.